The number of H-pyrrole nitrogens is 1. The summed E-state index contributed by atoms with van der Waals surface area (Å²) in [5.74, 6) is -0.322. The molecule has 0 aromatic carbocycles. The second-order valence-electron chi connectivity index (χ2n) is 2.79. The van der Waals surface area contributed by atoms with Gasteiger partial charge in [0.05, 0.1) is 6.33 Å². The number of imidazole rings is 1. The summed E-state index contributed by atoms with van der Waals surface area (Å²) >= 11 is 0. The van der Waals surface area contributed by atoms with Crippen LogP contribution in [0.5, 0.6) is 0 Å². The number of aromatic amines is 1. The van der Waals surface area contributed by atoms with Gasteiger partial charge in [0.2, 0.25) is 5.91 Å². The molecule has 1 amide bonds. The highest BCUT2D eigenvalue weighted by molar-refractivity contribution is 5.76. The Hall–Kier alpha value is -1.32. The van der Waals surface area contributed by atoms with Crippen molar-refractivity contribution in [1.29, 1.82) is 0 Å². The van der Waals surface area contributed by atoms with Crippen LogP contribution >= 0.6 is 0 Å². The maximum absolute atomic E-state index is 10.8. The van der Waals surface area contributed by atoms with Crippen LogP contribution in [0.15, 0.2) is 12.5 Å². The third kappa shape index (κ3) is 2.08. The molecule has 0 bridgehead atoms. The first-order valence-electron chi connectivity index (χ1n) is 4.00. The normalized spacial score (nSPS) is 12.8. The van der Waals surface area contributed by atoms with Crippen LogP contribution in [0.3, 0.4) is 0 Å². The Morgan fingerprint density at radius 2 is 2.58 bits per heavy atom. The van der Waals surface area contributed by atoms with E-state index in [0.717, 1.165) is 12.1 Å². The number of primary amides is 1. The summed E-state index contributed by atoms with van der Waals surface area (Å²) in [7, 11) is 0. The predicted molar refractivity (Wildman–Crippen MR) is 45.3 cm³/mol. The zero-order valence-electron chi connectivity index (χ0n) is 7.08. The van der Waals surface area contributed by atoms with Crippen LogP contribution in [0.1, 0.15) is 19.0 Å². The quantitative estimate of drug-likeness (QED) is 0.684. The van der Waals surface area contributed by atoms with Gasteiger partial charge in [-0.05, 0) is 6.42 Å². The molecule has 3 N–H and O–H groups in total. The Labute approximate surface area is 71.2 Å². The van der Waals surface area contributed by atoms with Crippen LogP contribution in [0.25, 0.3) is 0 Å². The molecule has 1 heterocycles. The van der Waals surface area contributed by atoms with Gasteiger partial charge in [-0.25, -0.2) is 4.98 Å². The van der Waals surface area contributed by atoms with Gasteiger partial charge in [-0.3, -0.25) is 4.79 Å². The lowest BCUT2D eigenvalue weighted by Crippen LogP contribution is -2.24. The van der Waals surface area contributed by atoms with Gasteiger partial charge in [0, 0.05) is 24.2 Å². The minimum Gasteiger partial charge on any atom is -0.369 e. The van der Waals surface area contributed by atoms with Crippen molar-refractivity contribution in [3.8, 4) is 0 Å². The van der Waals surface area contributed by atoms with Crippen molar-refractivity contribution in [3.05, 3.63) is 18.2 Å². The molecule has 0 radical (unpaired) electrons. The largest absolute Gasteiger partial charge is 0.369 e. The number of aromatic nitrogens is 2. The summed E-state index contributed by atoms with van der Waals surface area (Å²) in [6, 6.07) is 0. The van der Waals surface area contributed by atoms with Crippen LogP contribution < -0.4 is 5.73 Å². The Morgan fingerprint density at radius 3 is 3.00 bits per heavy atom. The molecule has 0 spiro atoms. The summed E-state index contributed by atoms with van der Waals surface area (Å²) in [5, 5.41) is 0. The second-order valence-corrected chi connectivity index (χ2v) is 2.79. The molecular weight excluding hydrogens is 154 g/mol. The number of carbonyl (C=O) groups excluding carboxylic acids is 1. The van der Waals surface area contributed by atoms with Gasteiger partial charge in [0.15, 0.2) is 0 Å². The van der Waals surface area contributed by atoms with Crippen molar-refractivity contribution in [2.75, 3.05) is 0 Å². The molecule has 0 unspecified atom stereocenters. The third-order valence-corrected chi connectivity index (χ3v) is 1.92. The number of amides is 1. The first kappa shape index (κ1) is 8.77. The number of carbonyl (C=O) groups is 1. The van der Waals surface area contributed by atoms with Crippen molar-refractivity contribution >= 4 is 5.91 Å². The van der Waals surface area contributed by atoms with Gasteiger partial charge >= 0.3 is 0 Å². The lowest BCUT2D eigenvalue weighted by atomic mass is 10.0. The van der Waals surface area contributed by atoms with Gasteiger partial charge in [0.1, 0.15) is 0 Å². The van der Waals surface area contributed by atoms with Crippen LogP contribution in [-0.2, 0) is 11.2 Å². The highest BCUT2D eigenvalue weighted by Crippen LogP contribution is 2.08. The number of nitrogens with two attached hydrogens (primary N) is 1. The Balaban J connectivity index is 2.54. The van der Waals surface area contributed by atoms with E-state index < -0.39 is 0 Å². The molecule has 0 saturated heterocycles. The minimum absolute atomic E-state index is 0.0783. The Kier molecular flexibility index (Phi) is 2.85. The molecule has 66 valence electrons. The molecule has 1 rings (SSSR count). The molecule has 4 nitrogen and oxygen atoms in total. The first-order valence-corrected chi connectivity index (χ1v) is 4.00. The highest BCUT2D eigenvalue weighted by atomic mass is 16.1. The van der Waals surface area contributed by atoms with E-state index in [1.165, 1.54) is 0 Å². The predicted octanol–water partition coefficient (Wildman–Crippen LogP) is 0.464. The fourth-order valence-corrected chi connectivity index (χ4v) is 1.11. The SMILES string of the molecule is CC[C@@H](Cc1cnc[nH]1)C(N)=O. The fraction of sp³-hybridized carbons (Fsp3) is 0.500. The number of nitrogens with one attached hydrogen (secondary N) is 1. The molecular formula is C8H13N3O. The van der Waals surface area contributed by atoms with Crippen LogP contribution in [0, 0.1) is 5.92 Å². The number of rotatable bonds is 4. The maximum atomic E-state index is 10.8. The smallest absolute Gasteiger partial charge is 0.220 e. The molecule has 1 aromatic rings. The van der Waals surface area contributed by atoms with E-state index in [4.69, 9.17) is 5.73 Å². The van der Waals surface area contributed by atoms with Crippen LogP contribution in [0.4, 0.5) is 0 Å². The van der Waals surface area contributed by atoms with Gasteiger partial charge in [0.25, 0.3) is 0 Å². The summed E-state index contributed by atoms with van der Waals surface area (Å²) in [6.45, 7) is 1.95. The van der Waals surface area contributed by atoms with E-state index in [1.54, 1.807) is 12.5 Å². The average molecular weight is 167 g/mol. The van der Waals surface area contributed by atoms with E-state index in [2.05, 4.69) is 9.97 Å². The lowest BCUT2D eigenvalue weighted by Gasteiger charge is -2.07. The molecule has 0 aliphatic rings. The van der Waals surface area contributed by atoms with E-state index in [1.807, 2.05) is 6.92 Å². The third-order valence-electron chi connectivity index (χ3n) is 1.92. The summed E-state index contributed by atoms with van der Waals surface area (Å²) in [6.07, 6.45) is 4.74. The molecule has 0 aliphatic heterocycles. The summed E-state index contributed by atoms with van der Waals surface area (Å²) in [4.78, 5) is 17.6. The van der Waals surface area contributed by atoms with Crippen molar-refractivity contribution in [1.82, 2.24) is 9.97 Å². The highest BCUT2D eigenvalue weighted by Gasteiger charge is 2.13. The van der Waals surface area contributed by atoms with E-state index in [0.29, 0.717) is 6.42 Å². The number of nitrogens with zero attached hydrogens (tertiary/aromatic N) is 1. The molecule has 0 saturated carbocycles. The van der Waals surface area contributed by atoms with Gasteiger partial charge < -0.3 is 10.7 Å². The monoisotopic (exact) mass is 167 g/mol. The maximum Gasteiger partial charge on any atom is 0.220 e. The van der Waals surface area contributed by atoms with Gasteiger partial charge in [-0.15, -0.1) is 0 Å². The molecule has 0 fully saturated rings. The van der Waals surface area contributed by atoms with Gasteiger partial charge in [-0.2, -0.15) is 0 Å². The summed E-state index contributed by atoms with van der Waals surface area (Å²) < 4.78 is 0. The van der Waals surface area contributed by atoms with Crippen molar-refractivity contribution in [2.45, 2.75) is 19.8 Å². The molecule has 12 heavy (non-hydrogen) atoms. The fourth-order valence-electron chi connectivity index (χ4n) is 1.11. The van der Waals surface area contributed by atoms with Crippen molar-refractivity contribution in [2.24, 2.45) is 11.7 Å². The zero-order valence-corrected chi connectivity index (χ0v) is 7.08. The second kappa shape index (κ2) is 3.90. The van der Waals surface area contributed by atoms with Gasteiger partial charge in [-0.1, -0.05) is 6.92 Å². The van der Waals surface area contributed by atoms with E-state index in [9.17, 15) is 4.79 Å². The number of hydrogen-bond acceptors (Lipinski definition) is 2. The number of hydrogen-bond donors (Lipinski definition) is 2. The molecule has 1 atom stereocenters. The Bertz CT molecular complexity index is 243. The van der Waals surface area contributed by atoms with Crippen LogP contribution in [0.2, 0.25) is 0 Å². The van der Waals surface area contributed by atoms with Crippen molar-refractivity contribution < 1.29 is 4.79 Å². The first-order chi connectivity index (χ1) is 5.74. The topological polar surface area (TPSA) is 71.8 Å². The lowest BCUT2D eigenvalue weighted by molar-refractivity contribution is -0.121. The van der Waals surface area contributed by atoms with E-state index >= 15 is 0 Å². The molecule has 4 heteroatoms. The minimum atomic E-state index is -0.243. The summed E-state index contributed by atoms with van der Waals surface area (Å²) in [5.41, 5.74) is 6.15. The molecule has 1 aromatic heterocycles. The Morgan fingerprint density at radius 1 is 1.83 bits per heavy atom. The standard InChI is InChI=1S/C8H13N3O/c1-2-6(8(9)12)3-7-4-10-5-11-7/h4-6H,2-3H2,1H3,(H2,9,12)(H,10,11)/t6-/m0/s1. The van der Waals surface area contributed by atoms with Crippen molar-refractivity contribution in [3.63, 3.8) is 0 Å². The average Bonchev–Trinajstić information content (AvgIpc) is 2.51. The molecule has 0 aliphatic carbocycles. The van der Waals surface area contributed by atoms with Crippen LogP contribution in [-0.4, -0.2) is 15.9 Å². The zero-order chi connectivity index (χ0) is 8.97. The van der Waals surface area contributed by atoms with E-state index in [-0.39, 0.29) is 11.8 Å².